The largest absolute Gasteiger partial charge is 0.359 e. The van der Waals surface area contributed by atoms with Crippen LogP contribution >= 0.6 is 11.6 Å². The van der Waals surface area contributed by atoms with E-state index in [2.05, 4.69) is 28.7 Å². The zero-order valence-electron chi connectivity index (χ0n) is 11.0. The maximum Gasteiger partial charge on any atom is 0.224 e. The minimum absolute atomic E-state index is 0.306. The number of nitrogens with zero attached hydrogens (tertiary/aromatic N) is 3. The summed E-state index contributed by atoms with van der Waals surface area (Å²) in [7, 11) is 2.05. The number of halogens is 1. The van der Waals surface area contributed by atoms with Crippen molar-refractivity contribution in [1.29, 1.82) is 0 Å². The number of fused-ring (bicyclic) bond motifs is 1. The number of benzene rings is 1. The summed E-state index contributed by atoms with van der Waals surface area (Å²) in [5, 5.41) is 1.35. The Morgan fingerprint density at radius 2 is 1.94 bits per heavy atom. The molecule has 0 atom stereocenters. The lowest BCUT2D eigenvalue weighted by atomic mass is 10.1. The number of hydrogen-bond acceptors (Lipinski definition) is 3. The summed E-state index contributed by atoms with van der Waals surface area (Å²) in [4.78, 5) is 10.7. The van der Waals surface area contributed by atoms with Gasteiger partial charge in [0.05, 0.1) is 5.52 Å². The molecule has 2 rings (SSSR count). The van der Waals surface area contributed by atoms with Crippen LogP contribution < -0.4 is 4.90 Å². The molecular formula is C14H18ClN3. The molecule has 0 saturated carbocycles. The molecular weight excluding hydrogens is 246 g/mol. The summed E-state index contributed by atoms with van der Waals surface area (Å²) < 4.78 is 0. The van der Waals surface area contributed by atoms with Crippen LogP contribution in [0.15, 0.2) is 24.3 Å². The molecule has 3 nitrogen and oxygen atoms in total. The van der Waals surface area contributed by atoms with E-state index in [4.69, 9.17) is 11.6 Å². The zero-order valence-corrected chi connectivity index (χ0v) is 11.8. The van der Waals surface area contributed by atoms with Gasteiger partial charge in [-0.15, -0.1) is 0 Å². The van der Waals surface area contributed by atoms with Crippen molar-refractivity contribution in [3.05, 3.63) is 29.5 Å². The lowest BCUT2D eigenvalue weighted by molar-refractivity contribution is 0.584. The number of rotatable bonds is 4. The summed E-state index contributed by atoms with van der Waals surface area (Å²) in [6.07, 6.45) is 1.13. The average molecular weight is 264 g/mol. The first kappa shape index (κ1) is 13.1. The Balaban J connectivity index is 2.36. The van der Waals surface area contributed by atoms with Crippen LogP contribution in [-0.4, -0.2) is 23.6 Å². The summed E-state index contributed by atoms with van der Waals surface area (Å²) in [5.41, 5.74) is 0.892. The molecule has 0 radical (unpaired) electrons. The molecule has 0 amide bonds. The standard InChI is InChI=1S/C14H18ClN3/c1-10(2)8-9-18(3)13-11-6-4-5-7-12(11)16-14(15)17-13/h4-7,10H,8-9H2,1-3H3. The summed E-state index contributed by atoms with van der Waals surface area (Å²) >= 11 is 5.98. The predicted molar refractivity (Wildman–Crippen MR) is 77.3 cm³/mol. The highest BCUT2D eigenvalue weighted by molar-refractivity contribution is 6.28. The number of hydrogen-bond donors (Lipinski definition) is 0. The van der Waals surface area contributed by atoms with Crippen molar-refractivity contribution in [2.75, 3.05) is 18.5 Å². The second-order valence-electron chi connectivity index (χ2n) is 4.94. The van der Waals surface area contributed by atoms with Crippen LogP contribution in [0.2, 0.25) is 5.28 Å². The molecule has 0 saturated heterocycles. The van der Waals surface area contributed by atoms with Gasteiger partial charge in [0.25, 0.3) is 0 Å². The van der Waals surface area contributed by atoms with Gasteiger partial charge < -0.3 is 4.90 Å². The van der Waals surface area contributed by atoms with E-state index in [1.807, 2.05) is 31.3 Å². The van der Waals surface area contributed by atoms with Gasteiger partial charge in [-0.05, 0) is 36.1 Å². The van der Waals surface area contributed by atoms with Crippen LogP contribution in [0.3, 0.4) is 0 Å². The van der Waals surface area contributed by atoms with E-state index >= 15 is 0 Å². The Labute approximate surface area is 113 Å². The van der Waals surface area contributed by atoms with E-state index in [1.165, 1.54) is 0 Å². The van der Waals surface area contributed by atoms with Crippen molar-refractivity contribution in [2.24, 2.45) is 5.92 Å². The minimum Gasteiger partial charge on any atom is -0.359 e. The Morgan fingerprint density at radius 3 is 2.67 bits per heavy atom. The second-order valence-corrected chi connectivity index (χ2v) is 5.28. The van der Waals surface area contributed by atoms with Crippen molar-refractivity contribution in [1.82, 2.24) is 9.97 Å². The molecule has 0 bridgehead atoms. The topological polar surface area (TPSA) is 29.0 Å². The third kappa shape index (κ3) is 2.91. The van der Waals surface area contributed by atoms with E-state index in [9.17, 15) is 0 Å². The smallest absolute Gasteiger partial charge is 0.224 e. The van der Waals surface area contributed by atoms with E-state index in [0.29, 0.717) is 11.2 Å². The summed E-state index contributed by atoms with van der Waals surface area (Å²) in [5.74, 6) is 1.59. The molecule has 0 aliphatic heterocycles. The van der Waals surface area contributed by atoms with E-state index in [-0.39, 0.29) is 0 Å². The Bertz CT molecular complexity index is 540. The number of anilines is 1. The molecule has 0 aliphatic rings. The highest BCUT2D eigenvalue weighted by atomic mass is 35.5. The maximum atomic E-state index is 5.98. The van der Waals surface area contributed by atoms with Crippen LogP contribution in [0.4, 0.5) is 5.82 Å². The van der Waals surface area contributed by atoms with E-state index in [0.717, 1.165) is 29.7 Å². The Morgan fingerprint density at radius 1 is 1.22 bits per heavy atom. The van der Waals surface area contributed by atoms with E-state index < -0.39 is 0 Å². The van der Waals surface area contributed by atoms with Gasteiger partial charge in [-0.1, -0.05) is 26.0 Å². The first-order valence-electron chi connectivity index (χ1n) is 6.21. The van der Waals surface area contributed by atoms with Crippen molar-refractivity contribution in [3.63, 3.8) is 0 Å². The van der Waals surface area contributed by atoms with Crippen LogP contribution in [0, 0.1) is 5.92 Å². The monoisotopic (exact) mass is 263 g/mol. The first-order valence-corrected chi connectivity index (χ1v) is 6.59. The Kier molecular flexibility index (Phi) is 4.02. The third-order valence-corrected chi connectivity index (χ3v) is 3.13. The highest BCUT2D eigenvalue weighted by Gasteiger charge is 2.10. The molecule has 0 spiro atoms. The summed E-state index contributed by atoms with van der Waals surface area (Å²) in [6, 6.07) is 7.96. The molecule has 0 aliphatic carbocycles. The normalized spacial score (nSPS) is 11.2. The number of aromatic nitrogens is 2. The zero-order chi connectivity index (χ0) is 13.1. The first-order chi connectivity index (χ1) is 8.58. The van der Waals surface area contributed by atoms with Gasteiger partial charge in [0, 0.05) is 19.0 Å². The lowest BCUT2D eigenvalue weighted by Gasteiger charge is -2.20. The van der Waals surface area contributed by atoms with E-state index in [1.54, 1.807) is 0 Å². The van der Waals surface area contributed by atoms with Crippen molar-refractivity contribution in [2.45, 2.75) is 20.3 Å². The van der Waals surface area contributed by atoms with Crippen LogP contribution in [-0.2, 0) is 0 Å². The third-order valence-electron chi connectivity index (χ3n) is 2.96. The highest BCUT2D eigenvalue weighted by Crippen LogP contribution is 2.24. The SMILES string of the molecule is CC(C)CCN(C)c1nc(Cl)nc2ccccc12. The van der Waals surface area contributed by atoms with Crippen molar-refractivity contribution >= 4 is 28.3 Å². The van der Waals surface area contributed by atoms with Gasteiger partial charge in [-0.2, -0.15) is 4.98 Å². The minimum atomic E-state index is 0.306. The van der Waals surface area contributed by atoms with Gasteiger partial charge >= 0.3 is 0 Å². The molecule has 1 aromatic heterocycles. The van der Waals surface area contributed by atoms with Gasteiger partial charge in [-0.25, -0.2) is 4.98 Å². The quantitative estimate of drug-likeness (QED) is 0.787. The molecule has 96 valence electrons. The Hall–Kier alpha value is -1.35. The van der Waals surface area contributed by atoms with Gasteiger partial charge in [0.1, 0.15) is 5.82 Å². The van der Waals surface area contributed by atoms with Crippen molar-refractivity contribution in [3.8, 4) is 0 Å². The van der Waals surface area contributed by atoms with Gasteiger partial charge in [0.15, 0.2) is 0 Å². The fraction of sp³-hybridized carbons (Fsp3) is 0.429. The molecule has 2 aromatic rings. The average Bonchev–Trinajstić information content (AvgIpc) is 2.34. The lowest BCUT2D eigenvalue weighted by Crippen LogP contribution is -2.21. The molecule has 0 N–H and O–H groups in total. The fourth-order valence-electron chi connectivity index (χ4n) is 1.88. The van der Waals surface area contributed by atoms with Crippen LogP contribution in [0.1, 0.15) is 20.3 Å². The predicted octanol–water partition coefficient (Wildman–Crippen LogP) is 3.77. The van der Waals surface area contributed by atoms with Crippen LogP contribution in [0.5, 0.6) is 0 Å². The molecule has 18 heavy (non-hydrogen) atoms. The molecule has 1 aromatic carbocycles. The molecule has 4 heteroatoms. The maximum absolute atomic E-state index is 5.98. The van der Waals surface area contributed by atoms with Gasteiger partial charge in [0.2, 0.25) is 5.28 Å². The van der Waals surface area contributed by atoms with Crippen molar-refractivity contribution < 1.29 is 0 Å². The molecule has 0 unspecified atom stereocenters. The van der Waals surface area contributed by atoms with Gasteiger partial charge in [-0.3, -0.25) is 0 Å². The summed E-state index contributed by atoms with van der Waals surface area (Å²) in [6.45, 7) is 5.41. The fourth-order valence-corrected chi connectivity index (χ4v) is 2.05. The van der Waals surface area contributed by atoms with Crippen LogP contribution in [0.25, 0.3) is 10.9 Å². The molecule has 0 fully saturated rings. The number of para-hydroxylation sites is 1. The molecule has 1 heterocycles. The second kappa shape index (κ2) is 5.53.